The van der Waals surface area contributed by atoms with Gasteiger partial charge in [-0.15, -0.1) is 11.3 Å². The molecule has 3 atom stereocenters. The Kier molecular flexibility index (Phi) is 9.87. The minimum atomic E-state index is -0.777. The molecule has 0 aliphatic rings. The van der Waals surface area contributed by atoms with Crippen molar-refractivity contribution in [3.8, 4) is 22.2 Å². The molecule has 2 amide bonds. The highest BCUT2D eigenvalue weighted by Gasteiger charge is 2.22. The molecule has 0 fully saturated rings. The molecule has 14 heteroatoms. The van der Waals surface area contributed by atoms with Crippen LogP contribution in [0.3, 0.4) is 0 Å². The second-order valence-corrected chi connectivity index (χ2v) is 11.7. The van der Waals surface area contributed by atoms with Gasteiger partial charge in [-0.25, -0.2) is 29.1 Å². The maximum Gasteiger partial charge on any atom is 0.412 e. The molecular weight excluding hydrogens is 615 g/mol. The lowest BCUT2D eigenvalue weighted by molar-refractivity contribution is 0.0402. The number of halogens is 1. The van der Waals surface area contributed by atoms with Crippen LogP contribution in [-0.2, 0) is 4.74 Å². The van der Waals surface area contributed by atoms with Crippen molar-refractivity contribution < 1.29 is 33.3 Å². The van der Waals surface area contributed by atoms with Crippen molar-refractivity contribution in [1.82, 2.24) is 25.3 Å². The third-order valence-electron chi connectivity index (χ3n) is 6.80. The highest BCUT2D eigenvalue weighted by Crippen LogP contribution is 2.37. The highest BCUT2D eigenvalue weighted by atomic mass is 32.1. The number of thiazole rings is 1. The number of aryl methyl sites for hydroxylation is 1. The molecule has 0 spiro atoms. The van der Waals surface area contributed by atoms with E-state index in [9.17, 15) is 14.7 Å². The number of nitrogens with one attached hydrogen (secondary N) is 2. The number of benzene rings is 2. The molecule has 0 radical (unpaired) electrons. The van der Waals surface area contributed by atoms with Crippen molar-refractivity contribution in [2.24, 2.45) is 0 Å². The highest BCUT2D eigenvalue weighted by molar-refractivity contribution is 7.21. The summed E-state index contributed by atoms with van der Waals surface area (Å²) in [4.78, 5) is 42.4. The Hall–Kier alpha value is -4.95. The van der Waals surface area contributed by atoms with Gasteiger partial charge in [0.1, 0.15) is 22.9 Å². The number of aliphatic hydroxyl groups excluding tert-OH is 1. The van der Waals surface area contributed by atoms with Crippen molar-refractivity contribution in [1.29, 1.82) is 0 Å². The number of hydrogen-bond acceptors (Lipinski definition) is 11. The zero-order chi connectivity index (χ0) is 33.0. The van der Waals surface area contributed by atoms with Gasteiger partial charge in [0.05, 0.1) is 52.0 Å². The van der Waals surface area contributed by atoms with Gasteiger partial charge in [0.25, 0.3) is 5.91 Å². The first-order chi connectivity index (χ1) is 22.0. The molecule has 3 heterocycles. The van der Waals surface area contributed by atoms with Crippen LogP contribution in [0.15, 0.2) is 48.8 Å². The molecular formula is C32H33FN6O6S. The molecule has 0 unspecified atom stereocenters. The molecule has 2 aromatic carbocycles. The monoisotopic (exact) mass is 648 g/mol. The van der Waals surface area contributed by atoms with E-state index >= 15 is 4.39 Å². The van der Waals surface area contributed by atoms with Gasteiger partial charge in [0, 0.05) is 24.2 Å². The molecule has 5 rings (SSSR count). The number of amides is 2. The van der Waals surface area contributed by atoms with E-state index in [1.165, 1.54) is 35.7 Å². The van der Waals surface area contributed by atoms with E-state index < -0.39 is 36.1 Å². The molecule has 240 valence electrons. The third-order valence-corrected chi connectivity index (χ3v) is 7.85. The lowest BCUT2D eigenvalue weighted by Crippen LogP contribution is -2.33. The number of carbonyl (C=O) groups is 2. The maximum atomic E-state index is 15.2. The molecule has 3 N–H and O–H groups in total. The first-order valence-electron chi connectivity index (χ1n) is 14.6. The Balaban J connectivity index is 1.25. The van der Waals surface area contributed by atoms with Crippen LogP contribution in [0.4, 0.5) is 14.9 Å². The van der Waals surface area contributed by atoms with Gasteiger partial charge in [-0.1, -0.05) is 0 Å². The fourth-order valence-corrected chi connectivity index (χ4v) is 5.40. The second kappa shape index (κ2) is 14.0. The van der Waals surface area contributed by atoms with E-state index in [0.717, 1.165) is 11.1 Å². The summed E-state index contributed by atoms with van der Waals surface area (Å²) in [6.45, 7) is 9.24. The van der Waals surface area contributed by atoms with Crippen LogP contribution in [0.1, 0.15) is 43.7 Å². The smallest absolute Gasteiger partial charge is 0.412 e. The van der Waals surface area contributed by atoms with Crippen molar-refractivity contribution >= 4 is 50.3 Å². The lowest BCUT2D eigenvalue weighted by atomic mass is 10.1. The first kappa shape index (κ1) is 32.4. The quantitative estimate of drug-likeness (QED) is 0.163. The average Bonchev–Trinajstić information content (AvgIpc) is 3.42. The van der Waals surface area contributed by atoms with Crippen LogP contribution in [-0.4, -0.2) is 68.5 Å². The predicted molar refractivity (Wildman–Crippen MR) is 172 cm³/mol. The van der Waals surface area contributed by atoms with E-state index in [2.05, 4.69) is 30.6 Å². The van der Waals surface area contributed by atoms with Crippen molar-refractivity contribution in [2.75, 3.05) is 18.5 Å². The van der Waals surface area contributed by atoms with E-state index in [0.29, 0.717) is 44.4 Å². The zero-order valence-corrected chi connectivity index (χ0v) is 26.6. The number of nitrogens with zero attached hydrogens (tertiary/aromatic N) is 4. The molecule has 12 nitrogen and oxygen atoms in total. The summed E-state index contributed by atoms with van der Waals surface area (Å²) < 4.78 is 32.7. The number of hydrogen-bond donors (Lipinski definition) is 3. The zero-order valence-electron chi connectivity index (χ0n) is 25.8. The fraction of sp³-hybridized carbons (Fsp3) is 0.312. The van der Waals surface area contributed by atoms with Crippen LogP contribution < -0.4 is 20.1 Å². The van der Waals surface area contributed by atoms with Crippen molar-refractivity contribution in [2.45, 2.75) is 52.9 Å². The van der Waals surface area contributed by atoms with Crippen molar-refractivity contribution in [3.63, 3.8) is 0 Å². The van der Waals surface area contributed by atoms with Crippen LogP contribution in [0.2, 0.25) is 0 Å². The van der Waals surface area contributed by atoms with Crippen molar-refractivity contribution in [3.05, 3.63) is 65.9 Å². The Morgan fingerprint density at radius 3 is 2.54 bits per heavy atom. The van der Waals surface area contributed by atoms with Crippen LogP contribution in [0.25, 0.3) is 31.8 Å². The first-order valence-corrected chi connectivity index (χ1v) is 15.4. The summed E-state index contributed by atoms with van der Waals surface area (Å²) in [5.41, 5.74) is 3.97. The standard InChI is InChI=1S/C32H33FN6O6S/c1-6-43-28-15-35-29-21(9-16(2)10-25(29)38-28)31-39-24-11-22(33)26(12-27(24)46-31)44-18(4)19(5)45-32(42)37-20-7-8-23(34-14-20)30(41)36-13-17(3)40/h7-12,14-15,17-19,40H,6,13H2,1-5H3,(H,36,41)(H,37,42)/t17-,18-,19+/m0/s1. The van der Waals surface area contributed by atoms with Gasteiger partial charge in [0.15, 0.2) is 11.6 Å². The molecule has 0 aliphatic carbocycles. The number of aromatic nitrogens is 4. The van der Waals surface area contributed by atoms with Crippen LogP contribution >= 0.6 is 11.3 Å². The molecule has 0 bridgehead atoms. The summed E-state index contributed by atoms with van der Waals surface area (Å²) in [6, 6.07) is 9.71. The second-order valence-electron chi connectivity index (χ2n) is 10.6. The Morgan fingerprint density at radius 2 is 1.83 bits per heavy atom. The molecule has 0 aliphatic heterocycles. The van der Waals surface area contributed by atoms with Crippen LogP contribution in [0, 0.1) is 12.7 Å². The summed E-state index contributed by atoms with van der Waals surface area (Å²) in [6.07, 6.45) is -0.0565. The van der Waals surface area contributed by atoms with Gasteiger partial charge in [-0.05, 0) is 64.4 Å². The van der Waals surface area contributed by atoms with E-state index in [1.807, 2.05) is 26.0 Å². The average molecular weight is 649 g/mol. The molecule has 46 heavy (non-hydrogen) atoms. The molecule has 0 saturated heterocycles. The number of ether oxygens (including phenoxy) is 3. The number of carbonyl (C=O) groups excluding carboxylic acids is 2. The van der Waals surface area contributed by atoms with E-state index in [1.54, 1.807) is 33.0 Å². The third kappa shape index (κ3) is 7.64. The van der Waals surface area contributed by atoms with Gasteiger partial charge < -0.3 is 24.6 Å². The largest absolute Gasteiger partial charge is 0.484 e. The van der Waals surface area contributed by atoms with Gasteiger partial charge in [-0.2, -0.15) is 0 Å². The minimum absolute atomic E-state index is 0.00466. The van der Waals surface area contributed by atoms with Crippen LogP contribution in [0.5, 0.6) is 11.6 Å². The minimum Gasteiger partial charge on any atom is -0.484 e. The number of aliphatic hydroxyl groups is 1. The summed E-state index contributed by atoms with van der Waals surface area (Å²) in [5.74, 6) is -0.627. The Morgan fingerprint density at radius 1 is 1.02 bits per heavy atom. The predicted octanol–water partition coefficient (Wildman–Crippen LogP) is 5.66. The van der Waals surface area contributed by atoms with Gasteiger partial charge in [0.2, 0.25) is 5.88 Å². The topological polar surface area (TPSA) is 158 Å². The Bertz CT molecular complexity index is 1880. The summed E-state index contributed by atoms with van der Waals surface area (Å²) in [7, 11) is 0. The SMILES string of the molecule is CCOc1cnc2c(-c3nc4cc(F)c(O[C@@H](C)[C@@H](C)OC(=O)Nc5ccc(C(=O)NC[C@H](C)O)nc5)cc4s3)cc(C)cc2n1. The van der Waals surface area contributed by atoms with E-state index in [4.69, 9.17) is 14.2 Å². The normalized spacial score (nSPS) is 13.2. The lowest BCUT2D eigenvalue weighted by Gasteiger charge is -2.22. The summed E-state index contributed by atoms with van der Waals surface area (Å²) in [5, 5.41) is 15.0. The molecule has 0 saturated carbocycles. The van der Waals surface area contributed by atoms with E-state index in [-0.39, 0.29) is 18.0 Å². The fourth-order valence-electron chi connectivity index (χ4n) is 4.40. The van der Waals surface area contributed by atoms with Gasteiger partial charge in [-0.3, -0.25) is 10.1 Å². The maximum absolute atomic E-state index is 15.2. The number of fused-ring (bicyclic) bond motifs is 2. The number of anilines is 1. The van der Waals surface area contributed by atoms with Gasteiger partial charge >= 0.3 is 6.09 Å². The molecule has 5 aromatic rings. The molecule has 3 aromatic heterocycles. The number of rotatable bonds is 11. The number of pyridine rings is 1. The Labute approximate surface area is 268 Å². The summed E-state index contributed by atoms with van der Waals surface area (Å²) >= 11 is 1.37.